The summed E-state index contributed by atoms with van der Waals surface area (Å²) in [6.07, 6.45) is 6.32. The highest BCUT2D eigenvalue weighted by atomic mass is 16.5. The molecule has 2 aromatic carbocycles. The highest BCUT2D eigenvalue weighted by Gasteiger charge is 2.12. The van der Waals surface area contributed by atoms with Crippen molar-refractivity contribution in [3.8, 4) is 40.1 Å². The Bertz CT molecular complexity index is 1600. The first-order valence-corrected chi connectivity index (χ1v) is 10.7. The Morgan fingerprint density at radius 1 is 1.06 bits per heavy atom. The van der Waals surface area contributed by atoms with E-state index in [0.29, 0.717) is 34.0 Å². The zero-order valence-electron chi connectivity index (χ0n) is 18.4. The summed E-state index contributed by atoms with van der Waals surface area (Å²) >= 11 is 0. The fourth-order valence-electron chi connectivity index (χ4n) is 3.57. The van der Waals surface area contributed by atoms with E-state index in [-0.39, 0.29) is 5.91 Å². The van der Waals surface area contributed by atoms with Gasteiger partial charge in [-0.2, -0.15) is 5.26 Å². The van der Waals surface area contributed by atoms with E-state index in [1.54, 1.807) is 42.6 Å². The molecule has 168 valence electrons. The lowest BCUT2D eigenvalue weighted by atomic mass is 10.1. The van der Waals surface area contributed by atoms with Crippen molar-refractivity contribution >= 4 is 22.8 Å². The summed E-state index contributed by atoms with van der Waals surface area (Å²) < 4.78 is 5.89. The first-order valence-electron chi connectivity index (χ1n) is 10.7. The molecule has 8 nitrogen and oxygen atoms in total. The van der Waals surface area contributed by atoms with Gasteiger partial charge in [0.05, 0.1) is 23.5 Å². The van der Waals surface area contributed by atoms with Crippen LogP contribution in [0.5, 0.6) is 11.6 Å². The molecule has 1 amide bonds. The molecule has 0 unspecified atom stereocenters. The number of aromatic nitrogens is 4. The van der Waals surface area contributed by atoms with E-state index in [1.807, 2.05) is 30.5 Å². The second kappa shape index (κ2) is 9.29. The van der Waals surface area contributed by atoms with Gasteiger partial charge in [0.15, 0.2) is 5.65 Å². The largest absolute Gasteiger partial charge is 0.437 e. The number of ether oxygens (including phenoxy) is 1. The summed E-state index contributed by atoms with van der Waals surface area (Å²) in [5, 5.41) is 11.8. The molecule has 8 heteroatoms. The van der Waals surface area contributed by atoms with Crippen molar-refractivity contribution in [1.82, 2.24) is 19.9 Å². The van der Waals surface area contributed by atoms with Crippen molar-refractivity contribution in [3.05, 3.63) is 97.5 Å². The van der Waals surface area contributed by atoms with Gasteiger partial charge in [0.1, 0.15) is 11.3 Å². The number of pyridine rings is 1. The molecule has 3 aromatic heterocycles. The predicted octanol–water partition coefficient (Wildman–Crippen LogP) is 5.48. The second-order valence-electron chi connectivity index (χ2n) is 7.56. The van der Waals surface area contributed by atoms with E-state index in [1.165, 1.54) is 12.3 Å². The van der Waals surface area contributed by atoms with Gasteiger partial charge in [-0.1, -0.05) is 30.8 Å². The summed E-state index contributed by atoms with van der Waals surface area (Å²) in [6.45, 7) is 3.45. The number of benzene rings is 2. The van der Waals surface area contributed by atoms with Crippen molar-refractivity contribution in [2.24, 2.45) is 0 Å². The number of fused-ring (bicyclic) bond motifs is 1. The smallest absolute Gasteiger partial charge is 0.247 e. The lowest BCUT2D eigenvalue weighted by molar-refractivity contribution is -0.111. The molecule has 35 heavy (non-hydrogen) atoms. The quantitative estimate of drug-likeness (QED) is 0.326. The van der Waals surface area contributed by atoms with Gasteiger partial charge in [0.25, 0.3) is 0 Å². The van der Waals surface area contributed by atoms with Crippen LogP contribution in [0.15, 0.2) is 91.9 Å². The van der Waals surface area contributed by atoms with Crippen LogP contribution in [0.2, 0.25) is 0 Å². The Balaban J connectivity index is 1.42. The number of nitrogens with one attached hydrogen (secondary N) is 2. The molecular formula is C27H18N6O2. The number of amides is 1. The Kier molecular flexibility index (Phi) is 5.72. The number of hydrogen-bond acceptors (Lipinski definition) is 6. The average Bonchev–Trinajstić information content (AvgIpc) is 3.32. The summed E-state index contributed by atoms with van der Waals surface area (Å²) in [5.74, 6) is 0.504. The van der Waals surface area contributed by atoms with Crippen molar-refractivity contribution < 1.29 is 9.53 Å². The minimum absolute atomic E-state index is 0.308. The maximum atomic E-state index is 11.6. The van der Waals surface area contributed by atoms with Gasteiger partial charge < -0.3 is 15.0 Å². The van der Waals surface area contributed by atoms with Crippen molar-refractivity contribution in [3.63, 3.8) is 0 Å². The van der Waals surface area contributed by atoms with Gasteiger partial charge in [0, 0.05) is 40.8 Å². The van der Waals surface area contributed by atoms with E-state index in [0.717, 1.165) is 22.4 Å². The van der Waals surface area contributed by atoms with Gasteiger partial charge in [-0.3, -0.25) is 9.78 Å². The van der Waals surface area contributed by atoms with Gasteiger partial charge in [0.2, 0.25) is 11.8 Å². The van der Waals surface area contributed by atoms with Crippen LogP contribution in [0, 0.1) is 11.3 Å². The molecule has 0 aliphatic carbocycles. The van der Waals surface area contributed by atoms with Gasteiger partial charge in [-0.05, 0) is 36.4 Å². The topological polar surface area (TPSA) is 117 Å². The van der Waals surface area contributed by atoms with Crippen molar-refractivity contribution in [2.75, 3.05) is 5.32 Å². The Hall–Kier alpha value is -5.29. The predicted molar refractivity (Wildman–Crippen MR) is 133 cm³/mol. The summed E-state index contributed by atoms with van der Waals surface area (Å²) in [5.41, 5.74) is 5.74. The van der Waals surface area contributed by atoms with Crippen LogP contribution in [0.4, 0.5) is 5.69 Å². The number of carbonyl (C=O) groups excluding carboxylic acids is 1. The van der Waals surface area contributed by atoms with Crippen molar-refractivity contribution in [2.45, 2.75) is 0 Å². The van der Waals surface area contributed by atoms with Gasteiger partial charge in [-0.15, -0.1) is 0 Å². The third kappa shape index (κ3) is 4.60. The van der Waals surface area contributed by atoms with Crippen LogP contribution >= 0.6 is 0 Å². The molecule has 5 rings (SSSR count). The Morgan fingerprint density at radius 2 is 1.94 bits per heavy atom. The van der Waals surface area contributed by atoms with Crippen LogP contribution in [0.1, 0.15) is 5.56 Å². The highest BCUT2D eigenvalue weighted by Crippen LogP contribution is 2.30. The lowest BCUT2D eigenvalue weighted by Gasteiger charge is -2.08. The minimum atomic E-state index is -0.308. The van der Waals surface area contributed by atoms with E-state index >= 15 is 0 Å². The molecule has 0 saturated heterocycles. The zero-order chi connectivity index (χ0) is 24.2. The number of aromatic amines is 1. The third-order valence-electron chi connectivity index (χ3n) is 5.23. The molecule has 0 fully saturated rings. The maximum Gasteiger partial charge on any atom is 0.247 e. The number of H-pyrrole nitrogens is 1. The number of nitrogens with zero attached hydrogens (tertiary/aromatic N) is 4. The molecule has 0 saturated carbocycles. The summed E-state index contributed by atoms with van der Waals surface area (Å²) in [4.78, 5) is 28.3. The van der Waals surface area contributed by atoms with E-state index in [2.05, 4.69) is 37.9 Å². The van der Waals surface area contributed by atoms with Crippen molar-refractivity contribution in [1.29, 1.82) is 5.26 Å². The minimum Gasteiger partial charge on any atom is -0.437 e. The zero-order valence-corrected chi connectivity index (χ0v) is 18.4. The van der Waals surface area contributed by atoms with Gasteiger partial charge >= 0.3 is 0 Å². The lowest BCUT2D eigenvalue weighted by Crippen LogP contribution is -2.07. The number of anilines is 1. The monoisotopic (exact) mass is 458 g/mol. The second-order valence-corrected chi connectivity index (χ2v) is 7.56. The maximum absolute atomic E-state index is 11.6. The van der Waals surface area contributed by atoms with Crippen LogP contribution in [-0.2, 0) is 4.79 Å². The van der Waals surface area contributed by atoms with E-state index in [9.17, 15) is 4.79 Å². The first kappa shape index (κ1) is 21.6. The van der Waals surface area contributed by atoms with Crippen LogP contribution in [0.3, 0.4) is 0 Å². The molecule has 3 heterocycles. The first-order chi connectivity index (χ1) is 17.1. The number of rotatable bonds is 6. The van der Waals surface area contributed by atoms with E-state index < -0.39 is 0 Å². The normalized spacial score (nSPS) is 10.5. The third-order valence-corrected chi connectivity index (χ3v) is 5.23. The van der Waals surface area contributed by atoms with E-state index in [4.69, 9.17) is 10.00 Å². The summed E-state index contributed by atoms with van der Waals surface area (Å²) in [7, 11) is 0. The van der Waals surface area contributed by atoms with Crippen LogP contribution in [-0.4, -0.2) is 25.8 Å². The molecule has 0 spiro atoms. The number of nitriles is 1. The number of carbonyl (C=O) groups is 1. The molecule has 5 aromatic rings. The molecule has 0 bridgehead atoms. The average molecular weight is 458 g/mol. The molecule has 2 N–H and O–H groups in total. The van der Waals surface area contributed by atoms with Crippen LogP contribution < -0.4 is 10.1 Å². The number of hydrogen-bond donors (Lipinski definition) is 2. The Morgan fingerprint density at radius 3 is 2.74 bits per heavy atom. The fourth-order valence-corrected chi connectivity index (χ4v) is 3.57. The summed E-state index contributed by atoms with van der Waals surface area (Å²) in [6, 6.07) is 20.3. The van der Waals surface area contributed by atoms with Crippen LogP contribution in [0.25, 0.3) is 33.5 Å². The Labute approximate surface area is 200 Å². The molecule has 0 aliphatic rings. The molecular weight excluding hydrogens is 440 g/mol. The molecule has 0 radical (unpaired) electrons. The molecule has 0 atom stereocenters. The van der Waals surface area contributed by atoms with Gasteiger partial charge in [-0.25, -0.2) is 9.97 Å². The fraction of sp³-hybridized carbons (Fsp3) is 0. The highest BCUT2D eigenvalue weighted by molar-refractivity contribution is 5.99. The standard InChI is InChI=1S/C27H18N6O2/c1-2-24(34)32-20-7-4-8-21(12-20)35-25-16-31-27-26(33-25)22(15-30-27)19-9-10-23(29-14-19)18-6-3-5-17(11-18)13-28/h2-12,14-16H,1H2,(H,30,31)(H,32,34). The SMILES string of the molecule is C=CC(=O)Nc1cccc(Oc2cnc3[nH]cc(-c4ccc(-c5cccc(C#N)c5)nc4)c3n2)c1. The molecule has 0 aliphatic heterocycles.